The Hall–Kier alpha value is -3.69. The van der Waals surface area contributed by atoms with Gasteiger partial charge in [0.05, 0.1) is 22.5 Å². The lowest BCUT2D eigenvalue weighted by molar-refractivity contribution is -0.123. The Morgan fingerprint density at radius 3 is 2.37 bits per heavy atom. The number of hydrogen-bond acceptors (Lipinski definition) is 6. The molecular formula is C20H26N6O4. The third-order valence-electron chi connectivity index (χ3n) is 4.44. The number of nitrogens with one attached hydrogen (secondary N) is 2. The molecule has 0 aromatic carbocycles. The molecule has 0 atom stereocenters. The first-order chi connectivity index (χ1) is 14.3. The molecule has 0 bridgehead atoms. The van der Waals surface area contributed by atoms with E-state index in [1.165, 1.54) is 14.1 Å². The molecule has 4 amide bonds. The molecule has 1 aliphatic heterocycles. The van der Waals surface area contributed by atoms with Crippen molar-refractivity contribution < 1.29 is 19.5 Å². The van der Waals surface area contributed by atoms with Gasteiger partial charge in [0.1, 0.15) is 0 Å². The zero-order valence-electron chi connectivity index (χ0n) is 17.7. The van der Waals surface area contributed by atoms with Crippen LogP contribution in [0.15, 0.2) is 34.5 Å². The Labute approximate surface area is 174 Å². The minimum atomic E-state index is -0.592. The van der Waals surface area contributed by atoms with Gasteiger partial charge in [-0.05, 0) is 31.9 Å². The standard InChI is InChI=1S/C20H26N6O4/c1-6-15-13(17(27)25(23-15)19(29)21-4)10-8-12(3)9-11-14-16(7-2)24-26(18(14)28)20(30)22-5/h8-11,27H,6-7H2,1-5H3,(H,21,29)(H,22,30). The van der Waals surface area contributed by atoms with Crippen LogP contribution in [0, 0.1) is 0 Å². The molecule has 0 saturated heterocycles. The smallest absolute Gasteiger partial charge is 0.345 e. The number of allylic oxidation sites excluding steroid dienone is 4. The second-order valence-electron chi connectivity index (χ2n) is 6.40. The first-order valence-corrected chi connectivity index (χ1v) is 9.52. The Morgan fingerprint density at radius 2 is 1.80 bits per heavy atom. The van der Waals surface area contributed by atoms with E-state index in [1.807, 2.05) is 20.8 Å². The number of aryl methyl sites for hydroxylation is 1. The highest BCUT2D eigenvalue weighted by Gasteiger charge is 2.32. The van der Waals surface area contributed by atoms with Gasteiger partial charge in [-0.1, -0.05) is 31.6 Å². The average molecular weight is 414 g/mol. The average Bonchev–Trinajstić information content (AvgIpc) is 3.25. The van der Waals surface area contributed by atoms with Crippen LogP contribution in [-0.4, -0.2) is 57.7 Å². The minimum Gasteiger partial charge on any atom is -0.493 e. The van der Waals surface area contributed by atoms with Crippen molar-refractivity contribution in [1.82, 2.24) is 25.4 Å². The van der Waals surface area contributed by atoms with Crippen molar-refractivity contribution in [2.75, 3.05) is 14.1 Å². The Balaban J connectivity index is 2.29. The first kappa shape index (κ1) is 22.6. The summed E-state index contributed by atoms with van der Waals surface area (Å²) >= 11 is 0. The van der Waals surface area contributed by atoms with Crippen molar-refractivity contribution in [3.05, 3.63) is 40.6 Å². The molecule has 10 nitrogen and oxygen atoms in total. The molecule has 3 N–H and O–H groups in total. The highest BCUT2D eigenvalue weighted by molar-refractivity contribution is 6.27. The van der Waals surface area contributed by atoms with Crippen molar-refractivity contribution in [2.24, 2.45) is 5.10 Å². The van der Waals surface area contributed by atoms with E-state index in [2.05, 4.69) is 20.8 Å². The number of carbonyl (C=O) groups excluding carboxylic acids is 3. The van der Waals surface area contributed by atoms with Gasteiger partial charge in [0.15, 0.2) is 0 Å². The molecule has 0 spiro atoms. The molecule has 30 heavy (non-hydrogen) atoms. The summed E-state index contributed by atoms with van der Waals surface area (Å²) in [5, 5.41) is 24.1. The number of nitrogens with zero attached hydrogens (tertiary/aromatic N) is 4. The van der Waals surface area contributed by atoms with Gasteiger partial charge in [-0.25, -0.2) is 9.59 Å². The van der Waals surface area contributed by atoms with Crippen LogP contribution in [0.4, 0.5) is 9.59 Å². The van der Waals surface area contributed by atoms with Crippen LogP contribution in [-0.2, 0) is 11.2 Å². The Morgan fingerprint density at radius 1 is 1.13 bits per heavy atom. The zero-order chi connectivity index (χ0) is 22.4. The SMILES string of the molecule is CCC1=NN(C(=O)NC)C(=O)C1=CC=C(C)C=Cc1c(CC)nn(C(=O)NC)c1O. The van der Waals surface area contributed by atoms with E-state index in [-0.39, 0.29) is 5.88 Å². The molecular weight excluding hydrogens is 388 g/mol. The van der Waals surface area contributed by atoms with E-state index in [9.17, 15) is 19.5 Å². The third-order valence-corrected chi connectivity index (χ3v) is 4.44. The van der Waals surface area contributed by atoms with Gasteiger partial charge in [0.25, 0.3) is 5.91 Å². The van der Waals surface area contributed by atoms with Gasteiger partial charge in [0, 0.05) is 14.1 Å². The predicted octanol–water partition coefficient (Wildman–Crippen LogP) is 2.17. The molecule has 2 rings (SSSR count). The van der Waals surface area contributed by atoms with Crippen LogP contribution in [0.3, 0.4) is 0 Å². The summed E-state index contributed by atoms with van der Waals surface area (Å²) in [6.07, 6.45) is 7.76. The van der Waals surface area contributed by atoms with Crippen molar-refractivity contribution in [3.63, 3.8) is 0 Å². The summed E-state index contributed by atoms with van der Waals surface area (Å²) in [7, 11) is 2.88. The number of aromatic nitrogens is 2. The highest BCUT2D eigenvalue weighted by atomic mass is 16.3. The van der Waals surface area contributed by atoms with E-state index >= 15 is 0 Å². The van der Waals surface area contributed by atoms with E-state index in [0.717, 1.165) is 15.3 Å². The van der Waals surface area contributed by atoms with E-state index < -0.39 is 18.0 Å². The lowest BCUT2D eigenvalue weighted by Gasteiger charge is -2.07. The number of urea groups is 1. The quantitative estimate of drug-likeness (QED) is 0.502. The summed E-state index contributed by atoms with van der Waals surface area (Å²) in [5.41, 5.74) is 2.66. The Kier molecular flexibility index (Phi) is 7.29. The second kappa shape index (κ2) is 9.68. The van der Waals surface area contributed by atoms with Crippen LogP contribution in [0.1, 0.15) is 38.4 Å². The van der Waals surface area contributed by atoms with Gasteiger partial charge in [0.2, 0.25) is 5.88 Å². The minimum absolute atomic E-state index is 0.249. The van der Waals surface area contributed by atoms with Gasteiger partial charge >= 0.3 is 12.1 Å². The van der Waals surface area contributed by atoms with Gasteiger partial charge in [-0.15, -0.1) is 9.69 Å². The molecule has 0 aliphatic carbocycles. The molecule has 160 valence electrons. The Bertz CT molecular complexity index is 984. The highest BCUT2D eigenvalue weighted by Crippen LogP contribution is 2.24. The fourth-order valence-corrected chi connectivity index (χ4v) is 2.76. The lowest BCUT2D eigenvalue weighted by atomic mass is 10.1. The van der Waals surface area contributed by atoms with Crippen LogP contribution < -0.4 is 10.6 Å². The fraction of sp³-hybridized carbons (Fsp3) is 0.350. The molecule has 1 aromatic heterocycles. The number of imide groups is 1. The third kappa shape index (κ3) is 4.48. The molecule has 0 radical (unpaired) electrons. The monoisotopic (exact) mass is 414 g/mol. The number of rotatable bonds is 5. The van der Waals surface area contributed by atoms with Crippen LogP contribution in [0.2, 0.25) is 0 Å². The van der Waals surface area contributed by atoms with Crippen LogP contribution >= 0.6 is 0 Å². The van der Waals surface area contributed by atoms with E-state index in [4.69, 9.17) is 0 Å². The van der Waals surface area contributed by atoms with Crippen LogP contribution in [0.5, 0.6) is 5.88 Å². The number of aromatic hydroxyl groups is 1. The largest absolute Gasteiger partial charge is 0.493 e. The van der Waals surface area contributed by atoms with Crippen molar-refractivity contribution >= 4 is 29.8 Å². The summed E-state index contributed by atoms with van der Waals surface area (Å²) < 4.78 is 0.911. The molecule has 0 saturated carbocycles. The normalized spacial score (nSPS) is 15.8. The summed E-state index contributed by atoms with van der Waals surface area (Å²) in [6.45, 7) is 5.54. The molecule has 2 heterocycles. The van der Waals surface area contributed by atoms with Crippen molar-refractivity contribution in [1.29, 1.82) is 0 Å². The summed E-state index contributed by atoms with van der Waals surface area (Å²) in [5.74, 6) is -0.738. The first-order valence-electron chi connectivity index (χ1n) is 9.52. The fourth-order valence-electron chi connectivity index (χ4n) is 2.76. The summed E-state index contributed by atoms with van der Waals surface area (Å²) in [4.78, 5) is 36.0. The molecule has 0 unspecified atom stereocenters. The van der Waals surface area contributed by atoms with Crippen molar-refractivity contribution in [3.8, 4) is 5.88 Å². The van der Waals surface area contributed by atoms with E-state index in [0.29, 0.717) is 35.4 Å². The van der Waals surface area contributed by atoms with Crippen LogP contribution in [0.25, 0.3) is 6.08 Å². The topological polar surface area (TPSA) is 129 Å². The molecule has 1 aromatic rings. The maximum atomic E-state index is 12.4. The number of hydrogen-bond donors (Lipinski definition) is 3. The van der Waals surface area contributed by atoms with Gasteiger partial charge < -0.3 is 15.7 Å². The summed E-state index contributed by atoms with van der Waals surface area (Å²) in [6, 6.07) is -1.13. The van der Waals surface area contributed by atoms with Gasteiger partial charge in [-0.3, -0.25) is 4.79 Å². The molecule has 1 aliphatic rings. The lowest BCUT2D eigenvalue weighted by Crippen LogP contribution is -2.36. The van der Waals surface area contributed by atoms with Crippen molar-refractivity contribution in [2.45, 2.75) is 33.6 Å². The molecule has 10 heteroatoms. The maximum Gasteiger partial charge on any atom is 0.345 e. The van der Waals surface area contributed by atoms with Gasteiger partial charge in [-0.2, -0.15) is 10.2 Å². The number of carbonyl (C=O) groups is 3. The maximum absolute atomic E-state index is 12.4. The second-order valence-corrected chi connectivity index (χ2v) is 6.40. The number of amides is 4. The molecule has 0 fully saturated rings. The number of hydrazone groups is 1. The predicted molar refractivity (Wildman–Crippen MR) is 113 cm³/mol. The zero-order valence-corrected chi connectivity index (χ0v) is 17.7. The van der Waals surface area contributed by atoms with E-state index in [1.54, 1.807) is 24.3 Å².